The highest BCUT2D eigenvalue weighted by atomic mass is 32.2. The third-order valence-electron chi connectivity index (χ3n) is 5.72. The second-order valence-electron chi connectivity index (χ2n) is 7.78. The van der Waals surface area contributed by atoms with Gasteiger partial charge in [-0.05, 0) is 35.7 Å². The van der Waals surface area contributed by atoms with Crippen LogP contribution in [0.3, 0.4) is 0 Å². The molecule has 3 aromatic carbocycles. The van der Waals surface area contributed by atoms with Crippen LogP contribution in [-0.4, -0.2) is 26.8 Å². The van der Waals surface area contributed by atoms with E-state index in [1.54, 1.807) is 36.4 Å². The average Bonchev–Trinajstić information content (AvgIpc) is 3.33. The van der Waals surface area contributed by atoms with Crippen LogP contribution in [0.15, 0.2) is 94.4 Å². The number of rotatable bonds is 4. The van der Waals surface area contributed by atoms with Crippen molar-refractivity contribution in [3.63, 3.8) is 0 Å². The number of hydrogen-bond donors (Lipinski definition) is 1. The molecule has 1 aromatic heterocycles. The first-order chi connectivity index (χ1) is 15.9. The number of nitrogens with zero attached hydrogens (tertiary/aromatic N) is 1. The van der Waals surface area contributed by atoms with Crippen LogP contribution in [-0.2, 0) is 19.4 Å². The summed E-state index contributed by atoms with van der Waals surface area (Å²) in [6.45, 7) is -0.320. The normalized spacial score (nSPS) is 17.4. The molecule has 0 spiro atoms. The van der Waals surface area contributed by atoms with Crippen molar-refractivity contribution in [3.8, 4) is 0 Å². The minimum Gasteiger partial charge on any atom is -0.468 e. The molecule has 1 aliphatic rings. The van der Waals surface area contributed by atoms with Crippen LogP contribution in [0.25, 0.3) is 10.8 Å². The standard InChI is InChI=1S/C25H20N2O5S/c28-24(26-19-10-5-8-17-7-1-2-9-18(17)19)16-27-20-11-3-4-13-22(20)33(30,31)23(15-25(27)29)21-12-6-14-32-21/h1-14,23H,15-16H2,(H,26,28). The lowest BCUT2D eigenvalue weighted by Gasteiger charge is -2.22. The number of para-hydroxylation sites is 1. The summed E-state index contributed by atoms with van der Waals surface area (Å²) in [7, 11) is -3.92. The molecule has 2 heterocycles. The van der Waals surface area contributed by atoms with Crippen molar-refractivity contribution in [2.24, 2.45) is 0 Å². The van der Waals surface area contributed by atoms with Gasteiger partial charge in [0.2, 0.25) is 11.8 Å². The van der Waals surface area contributed by atoms with Gasteiger partial charge in [-0.25, -0.2) is 8.42 Å². The zero-order chi connectivity index (χ0) is 23.0. The Balaban J connectivity index is 1.49. The van der Waals surface area contributed by atoms with E-state index in [2.05, 4.69) is 5.32 Å². The van der Waals surface area contributed by atoms with E-state index in [0.717, 1.165) is 10.8 Å². The summed E-state index contributed by atoms with van der Waals surface area (Å²) in [6.07, 6.45) is 1.05. The summed E-state index contributed by atoms with van der Waals surface area (Å²) in [5, 5.41) is 3.55. The van der Waals surface area contributed by atoms with Gasteiger partial charge in [-0.3, -0.25) is 9.59 Å². The Hall–Kier alpha value is -3.91. The molecular weight excluding hydrogens is 440 g/mol. The van der Waals surface area contributed by atoms with Crippen LogP contribution in [0.4, 0.5) is 11.4 Å². The molecule has 1 N–H and O–H groups in total. The van der Waals surface area contributed by atoms with Gasteiger partial charge in [-0.2, -0.15) is 0 Å². The molecule has 0 fully saturated rings. The van der Waals surface area contributed by atoms with E-state index in [4.69, 9.17) is 4.42 Å². The third-order valence-corrected chi connectivity index (χ3v) is 7.83. The van der Waals surface area contributed by atoms with E-state index >= 15 is 0 Å². The highest BCUT2D eigenvalue weighted by molar-refractivity contribution is 7.91. The fraction of sp³-hybridized carbons (Fsp3) is 0.120. The quantitative estimate of drug-likeness (QED) is 0.489. The molecule has 166 valence electrons. The van der Waals surface area contributed by atoms with Crippen molar-refractivity contribution in [1.82, 2.24) is 0 Å². The van der Waals surface area contributed by atoms with Gasteiger partial charge in [0.25, 0.3) is 0 Å². The van der Waals surface area contributed by atoms with Crippen molar-refractivity contribution in [1.29, 1.82) is 0 Å². The Kier molecular flexibility index (Phi) is 5.22. The Morgan fingerprint density at radius 1 is 0.970 bits per heavy atom. The second-order valence-corrected chi connectivity index (χ2v) is 9.87. The molecule has 0 bridgehead atoms. The van der Waals surface area contributed by atoms with Crippen LogP contribution in [0.5, 0.6) is 0 Å². The van der Waals surface area contributed by atoms with Crippen LogP contribution in [0.1, 0.15) is 17.4 Å². The van der Waals surface area contributed by atoms with Crippen molar-refractivity contribution in [2.45, 2.75) is 16.6 Å². The Morgan fingerprint density at radius 2 is 1.73 bits per heavy atom. The van der Waals surface area contributed by atoms with Gasteiger partial charge < -0.3 is 14.6 Å². The highest BCUT2D eigenvalue weighted by Crippen LogP contribution is 2.40. The van der Waals surface area contributed by atoms with Gasteiger partial charge in [0.05, 0.1) is 23.3 Å². The summed E-state index contributed by atoms with van der Waals surface area (Å²) in [5.41, 5.74) is 0.805. The lowest BCUT2D eigenvalue weighted by molar-refractivity contribution is -0.121. The van der Waals surface area contributed by atoms with Gasteiger partial charge in [0.15, 0.2) is 9.84 Å². The molecule has 0 saturated carbocycles. The number of hydrogen-bond acceptors (Lipinski definition) is 5. The maximum Gasteiger partial charge on any atom is 0.244 e. The Labute approximate surface area is 190 Å². The molecule has 7 nitrogen and oxygen atoms in total. The summed E-state index contributed by atoms with van der Waals surface area (Å²) in [5.74, 6) is -0.707. The van der Waals surface area contributed by atoms with Crippen molar-refractivity contribution >= 4 is 43.8 Å². The zero-order valence-electron chi connectivity index (χ0n) is 17.5. The first-order valence-electron chi connectivity index (χ1n) is 10.4. The number of carbonyl (C=O) groups excluding carboxylic acids is 2. The fourth-order valence-corrected chi connectivity index (χ4v) is 6.00. The van der Waals surface area contributed by atoms with Crippen LogP contribution in [0, 0.1) is 0 Å². The van der Waals surface area contributed by atoms with E-state index in [0.29, 0.717) is 5.69 Å². The summed E-state index contributed by atoms with van der Waals surface area (Å²) >= 11 is 0. The maximum atomic E-state index is 13.4. The number of carbonyl (C=O) groups is 2. The number of amides is 2. The van der Waals surface area contributed by atoms with Crippen molar-refractivity contribution < 1.29 is 22.4 Å². The van der Waals surface area contributed by atoms with Crippen molar-refractivity contribution in [2.75, 3.05) is 16.8 Å². The Bertz CT molecular complexity index is 1460. The highest BCUT2D eigenvalue weighted by Gasteiger charge is 2.41. The molecule has 2 amide bonds. The monoisotopic (exact) mass is 460 g/mol. The number of furan rings is 1. The number of anilines is 2. The van der Waals surface area contributed by atoms with Crippen molar-refractivity contribution in [3.05, 3.63) is 90.9 Å². The third kappa shape index (κ3) is 3.78. The van der Waals surface area contributed by atoms with Gasteiger partial charge in [0.1, 0.15) is 17.6 Å². The zero-order valence-corrected chi connectivity index (χ0v) is 18.3. The molecule has 0 aliphatic carbocycles. The molecule has 1 unspecified atom stereocenters. The largest absolute Gasteiger partial charge is 0.468 e. The number of benzene rings is 3. The first kappa shape index (κ1) is 21.0. The number of nitrogens with one attached hydrogen (secondary N) is 1. The van der Waals surface area contributed by atoms with Gasteiger partial charge in [-0.1, -0.05) is 48.5 Å². The van der Waals surface area contributed by atoms with Crippen LogP contribution in [0.2, 0.25) is 0 Å². The molecule has 0 saturated heterocycles. The SMILES string of the molecule is O=C(CN1C(=O)CC(c2ccco2)S(=O)(=O)c2ccccc21)Nc1cccc2ccccc12. The molecule has 1 aliphatic heterocycles. The van der Waals surface area contributed by atoms with E-state index in [-0.39, 0.29) is 29.3 Å². The first-order valence-corrected chi connectivity index (χ1v) is 11.9. The fourth-order valence-electron chi connectivity index (χ4n) is 4.16. The smallest absolute Gasteiger partial charge is 0.244 e. The topological polar surface area (TPSA) is 96.7 Å². The van der Waals surface area contributed by atoms with E-state index in [1.165, 1.54) is 17.2 Å². The minimum atomic E-state index is -3.92. The van der Waals surface area contributed by atoms with E-state index in [9.17, 15) is 18.0 Å². The molecule has 0 radical (unpaired) electrons. The van der Waals surface area contributed by atoms with Gasteiger partial charge in [-0.15, -0.1) is 0 Å². The lowest BCUT2D eigenvalue weighted by Crippen LogP contribution is -2.38. The summed E-state index contributed by atoms with van der Waals surface area (Å²) in [4.78, 5) is 27.4. The predicted octanol–water partition coefficient (Wildman–Crippen LogP) is 4.32. The maximum absolute atomic E-state index is 13.4. The molecule has 33 heavy (non-hydrogen) atoms. The predicted molar refractivity (Wildman–Crippen MR) is 125 cm³/mol. The second kappa shape index (κ2) is 8.22. The minimum absolute atomic E-state index is 0.00443. The molecule has 1 atom stereocenters. The van der Waals surface area contributed by atoms with E-state index < -0.39 is 26.9 Å². The van der Waals surface area contributed by atoms with Gasteiger partial charge in [0, 0.05) is 11.1 Å². The van der Waals surface area contributed by atoms with Gasteiger partial charge >= 0.3 is 0 Å². The molecule has 5 rings (SSSR count). The summed E-state index contributed by atoms with van der Waals surface area (Å²) in [6, 6.07) is 22.6. The number of fused-ring (bicyclic) bond motifs is 2. The number of sulfone groups is 1. The Morgan fingerprint density at radius 3 is 2.55 bits per heavy atom. The van der Waals surface area contributed by atoms with Crippen LogP contribution < -0.4 is 10.2 Å². The summed E-state index contributed by atoms with van der Waals surface area (Å²) < 4.78 is 32.1. The molecular formula is C25H20N2O5S. The lowest BCUT2D eigenvalue weighted by atomic mass is 10.1. The van der Waals surface area contributed by atoms with Crippen LogP contribution >= 0.6 is 0 Å². The average molecular weight is 461 g/mol. The molecule has 8 heteroatoms. The molecule has 4 aromatic rings. The van der Waals surface area contributed by atoms with E-state index in [1.807, 2.05) is 36.4 Å².